The number of rotatable bonds is 5. The van der Waals surface area contributed by atoms with Crippen molar-refractivity contribution in [2.24, 2.45) is 0 Å². The summed E-state index contributed by atoms with van der Waals surface area (Å²) in [4.78, 5) is 11.3. The third kappa shape index (κ3) is 4.68. The van der Waals surface area contributed by atoms with Crippen molar-refractivity contribution in [2.45, 2.75) is 19.3 Å². The molecule has 1 N–H and O–H groups in total. The number of pyridine rings is 2. The van der Waals surface area contributed by atoms with E-state index in [2.05, 4.69) is 49.3 Å². The topological polar surface area (TPSA) is 119 Å². The van der Waals surface area contributed by atoms with E-state index in [-0.39, 0.29) is 0 Å². The monoisotopic (exact) mass is 551 g/mol. The van der Waals surface area contributed by atoms with Gasteiger partial charge in [-0.05, 0) is 54.8 Å². The fraction of sp³-hybridized carbons (Fsp3) is 0.267. The highest BCUT2D eigenvalue weighted by Crippen LogP contribution is 2.35. The number of anilines is 1. The lowest BCUT2D eigenvalue weighted by Gasteiger charge is -2.34. The summed E-state index contributed by atoms with van der Waals surface area (Å²) in [5, 5.41) is 19.3. The van der Waals surface area contributed by atoms with E-state index < -0.39 is 15.4 Å². The van der Waals surface area contributed by atoms with Crippen LogP contribution in [0.25, 0.3) is 44.2 Å². The van der Waals surface area contributed by atoms with Crippen molar-refractivity contribution in [1.82, 2.24) is 24.5 Å². The molecule has 1 aliphatic rings. The van der Waals surface area contributed by atoms with Crippen molar-refractivity contribution in [2.75, 3.05) is 37.3 Å². The van der Waals surface area contributed by atoms with Gasteiger partial charge in [-0.25, -0.2) is 13.4 Å². The quantitative estimate of drug-likeness (QED) is 0.336. The number of nitriles is 1. The third-order valence-corrected chi connectivity index (χ3v) is 8.97. The highest BCUT2D eigenvalue weighted by molar-refractivity contribution is 7.88. The predicted molar refractivity (Wildman–Crippen MR) is 157 cm³/mol. The largest absolute Gasteiger partial charge is 0.354 e. The first-order valence-corrected chi connectivity index (χ1v) is 14.9. The number of sulfonamides is 1. The number of H-pyrrole nitrogens is 1. The molecule has 1 aliphatic heterocycles. The summed E-state index contributed by atoms with van der Waals surface area (Å²) in [6, 6.07) is 20.6. The van der Waals surface area contributed by atoms with Crippen LogP contribution < -0.4 is 4.90 Å². The highest BCUT2D eigenvalue weighted by atomic mass is 32.2. The Balaban J connectivity index is 1.37. The van der Waals surface area contributed by atoms with E-state index in [1.807, 2.05) is 56.4 Å². The third-order valence-electron chi connectivity index (χ3n) is 7.66. The smallest absolute Gasteiger partial charge is 0.211 e. The minimum Gasteiger partial charge on any atom is -0.354 e. The molecule has 0 unspecified atom stereocenters. The van der Waals surface area contributed by atoms with Crippen LogP contribution in [0, 0.1) is 11.3 Å². The molecule has 1 saturated heterocycles. The first-order chi connectivity index (χ1) is 19.1. The molecule has 40 heavy (non-hydrogen) atoms. The van der Waals surface area contributed by atoms with Gasteiger partial charge in [-0.2, -0.15) is 14.7 Å². The van der Waals surface area contributed by atoms with Gasteiger partial charge in [-0.15, -0.1) is 0 Å². The summed E-state index contributed by atoms with van der Waals surface area (Å²) in [6.45, 7) is 5.90. The number of nitrogens with one attached hydrogen (secondary N) is 1. The summed E-state index contributed by atoms with van der Waals surface area (Å²) in [5.41, 5.74) is 5.94. The van der Waals surface area contributed by atoms with Crippen molar-refractivity contribution >= 4 is 37.6 Å². The molecule has 1 fully saturated rings. The van der Waals surface area contributed by atoms with E-state index in [0.29, 0.717) is 26.2 Å². The van der Waals surface area contributed by atoms with E-state index in [1.165, 1.54) is 10.6 Å². The maximum Gasteiger partial charge on any atom is 0.211 e. The molecular weight excluding hydrogens is 522 g/mol. The molecule has 0 saturated carbocycles. The molecule has 5 aromatic rings. The fourth-order valence-corrected chi connectivity index (χ4v) is 6.05. The van der Waals surface area contributed by atoms with Crippen LogP contribution in [0.5, 0.6) is 0 Å². The standard InChI is InChI=1S/C30H29N7O2S/c1-30(2,19-31)23-7-4-20(5-8-23)29-28-24-16-21(6-9-25(24)33-18-26(28)34-35-29)22-10-11-32-27(17-22)36-12-14-37(15-13-36)40(3,38)39/h4-11,16-18H,12-15H2,1-3H3,(H,34,35). The average Bonchev–Trinajstić information content (AvgIpc) is 3.41. The summed E-state index contributed by atoms with van der Waals surface area (Å²) in [7, 11) is -3.19. The van der Waals surface area contributed by atoms with Gasteiger partial charge in [0, 0.05) is 48.7 Å². The predicted octanol–water partition coefficient (Wildman–Crippen LogP) is 4.72. The Bertz CT molecular complexity index is 1880. The Morgan fingerprint density at radius 2 is 1.62 bits per heavy atom. The van der Waals surface area contributed by atoms with Crippen molar-refractivity contribution in [1.29, 1.82) is 5.26 Å². The van der Waals surface area contributed by atoms with Crippen LogP contribution in [0.4, 0.5) is 5.82 Å². The van der Waals surface area contributed by atoms with Gasteiger partial charge in [-0.3, -0.25) is 10.1 Å². The van der Waals surface area contributed by atoms with Gasteiger partial charge in [0.15, 0.2) is 0 Å². The van der Waals surface area contributed by atoms with Crippen molar-refractivity contribution in [3.63, 3.8) is 0 Å². The van der Waals surface area contributed by atoms with Gasteiger partial charge >= 0.3 is 0 Å². The van der Waals surface area contributed by atoms with Crippen molar-refractivity contribution in [3.05, 3.63) is 72.6 Å². The highest BCUT2D eigenvalue weighted by Gasteiger charge is 2.24. The molecule has 0 spiro atoms. The summed E-state index contributed by atoms with van der Waals surface area (Å²) in [5.74, 6) is 0.825. The Labute approximate surface area is 233 Å². The number of hydrogen-bond donors (Lipinski definition) is 1. The number of aromatic nitrogens is 4. The van der Waals surface area contributed by atoms with E-state index in [1.54, 1.807) is 6.20 Å². The number of benzene rings is 2. The lowest BCUT2D eigenvalue weighted by Crippen LogP contribution is -2.48. The van der Waals surface area contributed by atoms with Crippen LogP contribution in [-0.2, 0) is 15.4 Å². The minimum atomic E-state index is -3.19. The van der Waals surface area contributed by atoms with Gasteiger partial charge in [0.05, 0.1) is 35.0 Å². The van der Waals surface area contributed by atoms with E-state index in [4.69, 9.17) is 0 Å². The van der Waals surface area contributed by atoms with Crippen LogP contribution in [0.2, 0.25) is 0 Å². The molecule has 3 aromatic heterocycles. The minimum absolute atomic E-state index is 0.447. The molecule has 4 heterocycles. The maximum atomic E-state index is 11.9. The molecule has 6 rings (SSSR count). The molecule has 0 atom stereocenters. The van der Waals surface area contributed by atoms with E-state index >= 15 is 0 Å². The van der Waals surface area contributed by atoms with Crippen LogP contribution >= 0.6 is 0 Å². The first-order valence-electron chi connectivity index (χ1n) is 13.1. The molecule has 0 radical (unpaired) electrons. The Morgan fingerprint density at radius 3 is 2.33 bits per heavy atom. The van der Waals surface area contributed by atoms with Crippen LogP contribution in [0.3, 0.4) is 0 Å². The number of piperazine rings is 1. The number of hydrogen-bond acceptors (Lipinski definition) is 7. The molecule has 9 nitrogen and oxygen atoms in total. The maximum absolute atomic E-state index is 11.9. The van der Waals surface area contributed by atoms with E-state index in [9.17, 15) is 13.7 Å². The molecular formula is C30H29N7O2S. The number of fused-ring (bicyclic) bond motifs is 3. The SMILES string of the molecule is CC(C)(C#N)c1ccc(-c2n[nH]c3cnc4ccc(-c5ccnc(N6CCN(S(C)(=O)=O)CC6)c5)cc4c23)cc1. The van der Waals surface area contributed by atoms with Crippen LogP contribution in [-0.4, -0.2) is 65.3 Å². The fourth-order valence-electron chi connectivity index (χ4n) is 5.22. The Hall–Kier alpha value is -4.33. The number of nitrogens with zero attached hydrogens (tertiary/aromatic N) is 6. The van der Waals surface area contributed by atoms with Crippen LogP contribution in [0.1, 0.15) is 19.4 Å². The van der Waals surface area contributed by atoms with Gasteiger partial charge in [-0.1, -0.05) is 30.3 Å². The zero-order chi connectivity index (χ0) is 28.1. The van der Waals surface area contributed by atoms with Crippen molar-refractivity contribution in [3.8, 4) is 28.5 Å². The van der Waals surface area contributed by atoms with E-state index in [0.717, 1.165) is 55.6 Å². The second-order valence-electron chi connectivity index (χ2n) is 10.7. The Kier molecular flexibility index (Phi) is 6.28. The molecule has 0 bridgehead atoms. The number of aromatic amines is 1. The van der Waals surface area contributed by atoms with Gasteiger partial charge in [0.1, 0.15) is 11.5 Å². The molecule has 0 aliphatic carbocycles. The second-order valence-corrected chi connectivity index (χ2v) is 12.7. The summed E-state index contributed by atoms with van der Waals surface area (Å²) < 4.78 is 25.3. The Morgan fingerprint density at radius 1 is 0.925 bits per heavy atom. The van der Waals surface area contributed by atoms with Gasteiger partial charge in [0.2, 0.25) is 10.0 Å². The lowest BCUT2D eigenvalue weighted by molar-refractivity contribution is 0.387. The molecule has 202 valence electrons. The summed E-state index contributed by atoms with van der Waals surface area (Å²) >= 11 is 0. The average molecular weight is 552 g/mol. The van der Waals surface area contributed by atoms with Gasteiger partial charge in [0.25, 0.3) is 0 Å². The zero-order valence-corrected chi connectivity index (χ0v) is 23.4. The van der Waals surface area contributed by atoms with Gasteiger partial charge < -0.3 is 4.90 Å². The first kappa shape index (κ1) is 25.9. The molecule has 10 heteroatoms. The lowest BCUT2D eigenvalue weighted by atomic mass is 9.86. The van der Waals surface area contributed by atoms with Crippen LogP contribution in [0.15, 0.2) is 67.0 Å². The zero-order valence-electron chi connectivity index (χ0n) is 22.6. The molecule has 2 aromatic carbocycles. The second kappa shape index (κ2) is 9.70. The van der Waals surface area contributed by atoms with Crippen molar-refractivity contribution < 1.29 is 8.42 Å². The normalized spacial score (nSPS) is 15.0. The molecule has 0 amide bonds. The summed E-state index contributed by atoms with van der Waals surface area (Å²) in [6.07, 6.45) is 4.86.